The maximum atomic E-state index is 12.9. The zero-order chi connectivity index (χ0) is 23.2. The highest BCUT2D eigenvalue weighted by Crippen LogP contribution is 2.64. The van der Waals surface area contributed by atoms with Gasteiger partial charge in [-0.05, 0) is 48.5 Å². The first-order valence-electron chi connectivity index (χ1n) is 11.5. The highest BCUT2D eigenvalue weighted by molar-refractivity contribution is 7.89. The summed E-state index contributed by atoms with van der Waals surface area (Å²) in [5, 5.41) is 11.3. The van der Waals surface area contributed by atoms with Crippen LogP contribution in [0.15, 0.2) is 29.2 Å². The molecular weight excluding hydrogens is 432 g/mol. The fourth-order valence-corrected chi connectivity index (χ4v) is 8.16. The molecule has 1 spiro atoms. The van der Waals surface area contributed by atoms with Crippen LogP contribution in [0.5, 0.6) is 0 Å². The molecule has 32 heavy (non-hydrogen) atoms. The van der Waals surface area contributed by atoms with Crippen LogP contribution in [0.1, 0.15) is 59.3 Å². The Morgan fingerprint density at radius 1 is 1.12 bits per heavy atom. The lowest BCUT2D eigenvalue weighted by Crippen LogP contribution is -2.59. The summed E-state index contributed by atoms with van der Waals surface area (Å²) in [7, 11) is -4.02. The Morgan fingerprint density at radius 2 is 1.81 bits per heavy atom. The van der Waals surface area contributed by atoms with E-state index in [1.54, 1.807) is 0 Å². The van der Waals surface area contributed by atoms with E-state index in [0.717, 1.165) is 25.7 Å². The minimum atomic E-state index is -4.02. The van der Waals surface area contributed by atoms with Crippen LogP contribution in [0.2, 0.25) is 0 Å². The monoisotopic (exact) mass is 466 g/mol. The second-order valence-corrected chi connectivity index (χ2v) is 12.1. The Labute approximate surface area is 190 Å². The van der Waals surface area contributed by atoms with Crippen molar-refractivity contribution < 1.29 is 22.8 Å². The predicted molar refractivity (Wildman–Crippen MR) is 119 cm³/mol. The second kappa shape index (κ2) is 8.34. The highest BCUT2D eigenvalue weighted by Gasteiger charge is 2.61. The SMILES string of the molecule is CC1(C)CCC[C@]2(C)[C@H](CCNS(=O)(=O)c3ccccc3[N+](=O)[O-])C3(CC[C@@H]12)OCCO3. The zero-order valence-electron chi connectivity index (χ0n) is 19.1. The number of nitro benzene ring substituents is 1. The van der Waals surface area contributed by atoms with Crippen LogP contribution < -0.4 is 4.72 Å². The minimum absolute atomic E-state index is 0.0193. The quantitative estimate of drug-likeness (QED) is 0.496. The van der Waals surface area contributed by atoms with E-state index in [4.69, 9.17) is 9.47 Å². The van der Waals surface area contributed by atoms with Crippen molar-refractivity contribution in [2.45, 2.75) is 70.0 Å². The molecule has 0 radical (unpaired) electrons. The van der Waals surface area contributed by atoms with E-state index in [1.807, 2.05) is 0 Å². The summed E-state index contributed by atoms with van der Waals surface area (Å²) in [5.41, 5.74) is -0.220. The number of ether oxygens (including phenoxy) is 2. The number of hydrogen-bond donors (Lipinski definition) is 1. The molecular formula is C23H34N2O6S. The Hall–Kier alpha value is -1.55. The smallest absolute Gasteiger partial charge is 0.289 e. The van der Waals surface area contributed by atoms with E-state index in [1.165, 1.54) is 30.7 Å². The number of fused-ring (bicyclic) bond motifs is 1. The number of hydrogen-bond acceptors (Lipinski definition) is 6. The minimum Gasteiger partial charge on any atom is -0.347 e. The number of nitrogens with one attached hydrogen (secondary N) is 1. The zero-order valence-corrected chi connectivity index (χ0v) is 19.9. The van der Waals surface area contributed by atoms with Crippen LogP contribution in [0.25, 0.3) is 0 Å². The van der Waals surface area contributed by atoms with Crippen LogP contribution in [-0.2, 0) is 19.5 Å². The van der Waals surface area contributed by atoms with Crippen molar-refractivity contribution in [2.24, 2.45) is 22.7 Å². The van der Waals surface area contributed by atoms with Crippen LogP contribution in [-0.4, -0.2) is 38.9 Å². The van der Waals surface area contributed by atoms with E-state index >= 15 is 0 Å². The molecule has 8 nitrogen and oxygen atoms in total. The third-order valence-corrected chi connectivity index (χ3v) is 9.75. The lowest BCUT2D eigenvalue weighted by molar-refractivity contribution is -0.387. The molecule has 1 saturated heterocycles. The van der Waals surface area contributed by atoms with Crippen molar-refractivity contribution in [3.8, 4) is 0 Å². The standard InChI is InChI=1S/C23H34N2O6S/c1-21(2)11-6-12-22(3)19(21)9-13-23(30-15-16-31-23)20(22)10-14-24-32(28,29)18-8-5-4-7-17(18)25(26)27/h4-5,7-8,19-20,24H,6,9-16H2,1-3H3/t19-,20-,22-/m0/s1. The largest absolute Gasteiger partial charge is 0.347 e. The topological polar surface area (TPSA) is 108 Å². The van der Waals surface area contributed by atoms with Crippen LogP contribution >= 0.6 is 0 Å². The van der Waals surface area contributed by atoms with Gasteiger partial charge in [0, 0.05) is 24.9 Å². The molecule has 3 atom stereocenters. The first-order chi connectivity index (χ1) is 15.0. The Bertz CT molecular complexity index is 972. The average Bonchev–Trinajstić information content (AvgIpc) is 3.18. The van der Waals surface area contributed by atoms with Crippen molar-refractivity contribution in [3.05, 3.63) is 34.4 Å². The van der Waals surface area contributed by atoms with Crippen molar-refractivity contribution in [2.75, 3.05) is 19.8 Å². The van der Waals surface area contributed by atoms with Gasteiger partial charge in [0.25, 0.3) is 5.69 Å². The molecule has 0 aromatic heterocycles. The van der Waals surface area contributed by atoms with Gasteiger partial charge in [-0.15, -0.1) is 0 Å². The lowest BCUT2D eigenvalue weighted by atomic mass is 9.46. The number of nitro groups is 1. The van der Waals surface area contributed by atoms with Gasteiger partial charge in [-0.25, -0.2) is 13.1 Å². The molecule has 178 valence electrons. The van der Waals surface area contributed by atoms with Gasteiger partial charge in [-0.2, -0.15) is 0 Å². The van der Waals surface area contributed by atoms with E-state index in [2.05, 4.69) is 25.5 Å². The first kappa shape index (κ1) is 23.6. The molecule has 2 aliphatic carbocycles. The number of rotatable bonds is 6. The van der Waals surface area contributed by atoms with Crippen molar-refractivity contribution in [1.29, 1.82) is 0 Å². The molecule has 1 heterocycles. The van der Waals surface area contributed by atoms with Gasteiger partial charge >= 0.3 is 0 Å². The molecule has 1 aliphatic heterocycles. The normalized spacial score (nSPS) is 31.3. The van der Waals surface area contributed by atoms with E-state index in [9.17, 15) is 18.5 Å². The van der Waals surface area contributed by atoms with Crippen LogP contribution in [0, 0.1) is 32.8 Å². The molecule has 1 aromatic rings. The second-order valence-electron chi connectivity index (χ2n) is 10.4. The van der Waals surface area contributed by atoms with Crippen LogP contribution in [0.3, 0.4) is 0 Å². The number of para-hydroxylation sites is 1. The Kier molecular flexibility index (Phi) is 6.15. The summed E-state index contributed by atoms with van der Waals surface area (Å²) in [5.74, 6) is -0.105. The summed E-state index contributed by atoms with van der Waals surface area (Å²) in [6.07, 6.45) is 5.81. The molecule has 2 saturated carbocycles. The average molecular weight is 467 g/mol. The number of nitrogens with zero attached hydrogens (tertiary/aromatic N) is 1. The molecule has 1 aromatic carbocycles. The lowest BCUT2D eigenvalue weighted by Gasteiger charge is -2.61. The van der Waals surface area contributed by atoms with Gasteiger partial charge < -0.3 is 9.47 Å². The molecule has 0 bridgehead atoms. The molecule has 3 fully saturated rings. The molecule has 0 unspecified atom stereocenters. The third kappa shape index (κ3) is 3.97. The first-order valence-corrected chi connectivity index (χ1v) is 13.0. The van der Waals surface area contributed by atoms with Gasteiger partial charge in [0.15, 0.2) is 10.7 Å². The molecule has 9 heteroatoms. The van der Waals surface area contributed by atoms with Crippen LogP contribution in [0.4, 0.5) is 5.69 Å². The Morgan fingerprint density at radius 3 is 2.50 bits per heavy atom. The van der Waals surface area contributed by atoms with E-state index in [0.29, 0.717) is 25.6 Å². The van der Waals surface area contributed by atoms with Gasteiger partial charge in [-0.1, -0.05) is 39.3 Å². The molecule has 0 amide bonds. The Balaban J connectivity index is 1.57. The number of benzene rings is 1. The summed E-state index contributed by atoms with van der Waals surface area (Å²) < 4.78 is 40.8. The van der Waals surface area contributed by atoms with Crippen molar-refractivity contribution in [3.63, 3.8) is 0 Å². The van der Waals surface area contributed by atoms with E-state index in [-0.39, 0.29) is 28.2 Å². The molecule has 1 N–H and O–H groups in total. The number of sulfonamides is 1. The fourth-order valence-electron chi connectivity index (χ4n) is 6.94. The predicted octanol–water partition coefficient (Wildman–Crippen LogP) is 4.25. The van der Waals surface area contributed by atoms with Gasteiger partial charge in [-0.3, -0.25) is 10.1 Å². The van der Waals surface area contributed by atoms with E-state index < -0.39 is 26.4 Å². The summed E-state index contributed by atoms with van der Waals surface area (Å²) in [6.45, 7) is 8.31. The van der Waals surface area contributed by atoms with Gasteiger partial charge in [0.05, 0.1) is 18.1 Å². The fraction of sp³-hybridized carbons (Fsp3) is 0.739. The summed E-state index contributed by atoms with van der Waals surface area (Å²) in [6, 6.07) is 5.44. The molecule has 3 aliphatic rings. The molecule has 4 rings (SSSR count). The van der Waals surface area contributed by atoms with Gasteiger partial charge in [0.2, 0.25) is 10.0 Å². The highest BCUT2D eigenvalue weighted by atomic mass is 32.2. The van der Waals surface area contributed by atoms with Gasteiger partial charge in [0.1, 0.15) is 0 Å². The maximum absolute atomic E-state index is 12.9. The maximum Gasteiger partial charge on any atom is 0.289 e. The summed E-state index contributed by atoms with van der Waals surface area (Å²) in [4.78, 5) is 10.3. The third-order valence-electron chi connectivity index (χ3n) is 8.24. The van der Waals surface area contributed by atoms with Crippen molar-refractivity contribution in [1.82, 2.24) is 4.72 Å². The summed E-state index contributed by atoms with van der Waals surface area (Å²) >= 11 is 0. The van der Waals surface area contributed by atoms with Crippen molar-refractivity contribution >= 4 is 15.7 Å².